The van der Waals surface area contributed by atoms with Crippen molar-refractivity contribution in [2.75, 3.05) is 0 Å². The van der Waals surface area contributed by atoms with E-state index in [1.807, 2.05) is 0 Å². The zero-order valence-electron chi connectivity index (χ0n) is 10.7. The van der Waals surface area contributed by atoms with Crippen LogP contribution in [0, 0.1) is 0 Å². The molecule has 0 aliphatic heterocycles. The summed E-state index contributed by atoms with van der Waals surface area (Å²) in [6, 6.07) is 0. The van der Waals surface area contributed by atoms with Crippen LogP contribution in [0.2, 0.25) is 0 Å². The smallest absolute Gasteiger partial charge is 0.268 e. The van der Waals surface area contributed by atoms with Crippen LogP contribution in [0.1, 0.15) is 12.8 Å². The Morgan fingerprint density at radius 3 is 1.15 bits per heavy atom. The average molecular weight is 324 g/mol. The van der Waals surface area contributed by atoms with E-state index in [1.54, 1.807) is 0 Å². The van der Waals surface area contributed by atoms with Crippen molar-refractivity contribution in [2.24, 2.45) is 0 Å². The van der Waals surface area contributed by atoms with E-state index in [0.717, 1.165) is 23.9 Å². The second-order valence-electron chi connectivity index (χ2n) is 2.58. The summed E-state index contributed by atoms with van der Waals surface area (Å²) < 4.78 is 0. The molecular weight excluding hydrogens is 308 g/mol. The Labute approximate surface area is 124 Å². The molecule has 20 heavy (non-hydrogen) atoms. The number of carboxylic acid groups (broad SMARTS) is 2. The molecule has 0 heterocycles. The largest absolute Gasteiger partial charge is 0.550 e. The van der Waals surface area contributed by atoms with Gasteiger partial charge < -0.3 is 19.8 Å². The molecule has 114 valence electrons. The number of carboxylic acids is 2. The maximum absolute atomic E-state index is 9.96. The van der Waals surface area contributed by atoms with Crippen LogP contribution in [0.4, 0.5) is 0 Å². The van der Waals surface area contributed by atoms with E-state index in [4.69, 9.17) is 0 Å². The molecule has 0 fully saturated rings. The lowest BCUT2D eigenvalue weighted by Crippen LogP contribution is -2.38. The van der Waals surface area contributed by atoms with Crippen LogP contribution in [-0.4, -0.2) is 22.2 Å². The molecule has 0 spiro atoms. The fraction of sp³-hybridized carbons (Fsp3) is 0.200. The van der Waals surface area contributed by atoms with Crippen LogP contribution < -0.4 is 20.5 Å². The van der Waals surface area contributed by atoms with Gasteiger partial charge in [-0.2, -0.15) is 0 Å². The van der Waals surface area contributed by atoms with Gasteiger partial charge in [0.05, 0.1) is 0 Å². The third-order valence-corrected chi connectivity index (χ3v) is 2.05. The topological polar surface area (TPSA) is 170 Å². The molecule has 8 nitrogen and oxygen atoms in total. The van der Waals surface area contributed by atoms with Crippen LogP contribution in [-0.2, 0) is 19.2 Å². The van der Waals surface area contributed by atoms with Crippen molar-refractivity contribution >= 4 is 46.1 Å². The third-order valence-electron chi connectivity index (χ3n) is 1.15. The Hall–Kier alpha value is -1.62. The van der Waals surface area contributed by atoms with Gasteiger partial charge in [0.2, 0.25) is 0 Å². The number of aliphatic carboxylic acids is 2. The summed E-state index contributed by atoms with van der Waals surface area (Å²) in [4.78, 5) is 38.9. The summed E-state index contributed by atoms with van der Waals surface area (Å²) in [6.07, 6.45) is 1.53. The Morgan fingerprint density at radius 2 is 1.10 bits per heavy atom. The van der Waals surface area contributed by atoms with E-state index in [1.165, 1.54) is 12.2 Å². The van der Waals surface area contributed by atoms with Crippen molar-refractivity contribution in [1.82, 2.24) is 0 Å². The van der Waals surface area contributed by atoms with Gasteiger partial charge in [-0.05, 0) is 25.0 Å². The fourth-order valence-electron chi connectivity index (χ4n) is 0.322. The van der Waals surface area contributed by atoms with Gasteiger partial charge in [0.1, 0.15) is 0 Å². The fourth-order valence-corrected chi connectivity index (χ4v) is 0.558. The molecule has 10 heteroatoms. The van der Waals surface area contributed by atoms with Gasteiger partial charge >= 0.3 is 0 Å². The summed E-state index contributed by atoms with van der Waals surface area (Å²) in [5.74, 6) is -2.73. The highest BCUT2D eigenvalue weighted by Gasteiger charge is 1.90. The Balaban J connectivity index is -0.000000221. The first-order chi connectivity index (χ1) is 9.24. The minimum Gasteiger partial charge on any atom is -0.550 e. The predicted molar refractivity (Wildman–Crippen MR) is 70.6 cm³/mol. The molecule has 0 atom stereocenters. The van der Waals surface area contributed by atoms with E-state index >= 15 is 0 Å². The van der Waals surface area contributed by atoms with Crippen molar-refractivity contribution in [2.45, 2.75) is 12.8 Å². The number of rotatable bonds is 5. The standard InChI is InChI=1S/C4H6O4.2C3H5NOS/c5-3(6)1-2-4(7)8;2*1-2-3(5)6-4/h1-2H2,(H,5,6)(H,7,8);2*2H,1,4H2. The summed E-state index contributed by atoms with van der Waals surface area (Å²) in [6.45, 7) is 6.44. The van der Waals surface area contributed by atoms with Gasteiger partial charge in [0, 0.05) is 11.9 Å². The maximum atomic E-state index is 9.96. The molecule has 0 saturated heterocycles. The highest BCUT2D eigenvalue weighted by Crippen LogP contribution is 1.83. The number of carbonyl (C=O) groups excluding carboxylic acids is 4. The van der Waals surface area contributed by atoms with Crippen molar-refractivity contribution in [3.05, 3.63) is 25.3 Å². The molecule has 0 aliphatic carbocycles. The van der Waals surface area contributed by atoms with Crippen LogP contribution in [0.25, 0.3) is 0 Å². The first-order valence-corrected chi connectivity index (χ1v) is 6.78. The predicted octanol–water partition coefficient (Wildman–Crippen LogP) is -3.56. The first kappa shape index (κ1) is 23.5. The average Bonchev–Trinajstić information content (AvgIpc) is 2.44. The van der Waals surface area contributed by atoms with E-state index in [-0.39, 0.29) is 10.2 Å². The SMILES string of the molecule is C=CC(=O)S[NH3+].C=CC(=O)S[NH3+].O=C([O-])CCC(=O)[O-]. The van der Waals surface area contributed by atoms with Gasteiger partial charge in [-0.1, -0.05) is 13.2 Å². The number of carbonyl (C=O) groups is 4. The first-order valence-electron chi connectivity index (χ1n) is 4.81. The Bertz CT molecular complexity index is 326. The Morgan fingerprint density at radius 1 is 0.850 bits per heavy atom. The molecule has 0 unspecified atom stereocenters. The number of quaternary nitrogens is 2. The molecule has 6 N–H and O–H groups in total. The third kappa shape index (κ3) is 29.9. The van der Waals surface area contributed by atoms with E-state index in [0.29, 0.717) is 0 Å². The van der Waals surface area contributed by atoms with Crippen LogP contribution in [0.3, 0.4) is 0 Å². The maximum Gasteiger partial charge on any atom is 0.268 e. The van der Waals surface area contributed by atoms with Crippen molar-refractivity contribution in [1.29, 1.82) is 0 Å². The molecule has 0 bridgehead atoms. The van der Waals surface area contributed by atoms with Gasteiger partial charge in [0.25, 0.3) is 10.2 Å². The van der Waals surface area contributed by atoms with Gasteiger partial charge in [-0.15, -0.1) is 0 Å². The molecule has 0 rings (SSSR count). The van der Waals surface area contributed by atoms with Gasteiger partial charge in [0.15, 0.2) is 23.9 Å². The minimum absolute atomic E-state index is 0.0880. The normalized spacial score (nSPS) is 7.90. The zero-order chi connectivity index (χ0) is 16.6. The number of hydrogen-bond donors (Lipinski definition) is 2. The lowest BCUT2D eigenvalue weighted by Gasteiger charge is -2.00. The van der Waals surface area contributed by atoms with Crippen LogP contribution >= 0.6 is 23.9 Å². The molecule has 0 aromatic heterocycles. The molecule has 0 amide bonds. The van der Waals surface area contributed by atoms with Crippen molar-refractivity contribution in [3.63, 3.8) is 0 Å². The summed E-state index contributed by atoms with van der Waals surface area (Å²) in [5.41, 5.74) is 0. The van der Waals surface area contributed by atoms with E-state index in [9.17, 15) is 29.4 Å². The lowest BCUT2D eigenvalue weighted by molar-refractivity contribution is -0.315. The highest BCUT2D eigenvalue weighted by molar-refractivity contribution is 8.08. The molecule has 0 saturated carbocycles. The molecule has 0 aromatic rings. The number of hydrogen-bond acceptors (Lipinski definition) is 8. The zero-order valence-corrected chi connectivity index (χ0v) is 12.3. The summed E-state index contributed by atoms with van der Waals surface area (Å²) in [5, 5.41) is 25.3. The van der Waals surface area contributed by atoms with Gasteiger partial charge in [-0.25, -0.2) is 0 Å². The molecule has 0 radical (unpaired) electrons. The van der Waals surface area contributed by atoms with Crippen LogP contribution in [0.15, 0.2) is 25.3 Å². The van der Waals surface area contributed by atoms with Gasteiger partial charge in [-0.3, -0.25) is 19.9 Å². The summed E-state index contributed by atoms with van der Waals surface area (Å²) >= 11 is 1.84. The molecular formula is C10H16N2O6S2. The van der Waals surface area contributed by atoms with E-state index in [2.05, 4.69) is 23.4 Å². The second kappa shape index (κ2) is 17.4. The molecule has 0 aromatic carbocycles. The van der Waals surface area contributed by atoms with E-state index < -0.39 is 24.8 Å². The minimum atomic E-state index is -1.37. The van der Waals surface area contributed by atoms with Crippen molar-refractivity contribution < 1.29 is 39.7 Å². The highest BCUT2D eigenvalue weighted by atomic mass is 32.2. The molecule has 0 aliphatic rings. The quantitative estimate of drug-likeness (QED) is 0.386. The lowest BCUT2D eigenvalue weighted by atomic mass is 10.3. The van der Waals surface area contributed by atoms with Crippen molar-refractivity contribution in [3.8, 4) is 0 Å². The van der Waals surface area contributed by atoms with Crippen LogP contribution in [0.5, 0.6) is 0 Å². The monoisotopic (exact) mass is 324 g/mol. The second-order valence-corrected chi connectivity index (χ2v) is 3.96. The summed E-state index contributed by atoms with van der Waals surface area (Å²) in [7, 11) is 0. The Kier molecular flexibility index (Phi) is 20.4.